The third kappa shape index (κ3) is 4.11. The van der Waals surface area contributed by atoms with Crippen LogP contribution < -0.4 is 4.90 Å². The van der Waals surface area contributed by atoms with Crippen molar-refractivity contribution in [3.8, 4) is 0 Å². The Labute approximate surface area is 241 Å². The first-order chi connectivity index (χ1) is 19.5. The Morgan fingerprint density at radius 1 is 0.780 bits per heavy atom. The van der Waals surface area contributed by atoms with Crippen LogP contribution in [0.15, 0.2) is 89.4 Å². The van der Waals surface area contributed by atoms with Gasteiger partial charge in [-0.05, 0) is 106 Å². The molecule has 3 aromatic rings. The van der Waals surface area contributed by atoms with Gasteiger partial charge in [-0.15, -0.1) is 0 Å². The SMILES string of the molecule is CC1=CC(=C2C(=O)c3cc4ccccc4cc3C2=O)C=C(/C=C/c2cc3c4c(c2)C(C)(C)CCN4CCC3(C)C)O1. The summed E-state index contributed by atoms with van der Waals surface area (Å²) in [6, 6.07) is 16.2. The van der Waals surface area contributed by atoms with Crippen molar-refractivity contribution in [1.82, 2.24) is 0 Å². The molecule has 1 aliphatic carbocycles. The number of carbonyl (C=O) groups excluding carboxylic acids is 2. The molecule has 0 spiro atoms. The smallest absolute Gasteiger partial charge is 0.198 e. The Morgan fingerprint density at radius 3 is 1.90 bits per heavy atom. The standard InChI is InChI=1S/C37H35NO3/c1-22-16-26(32-34(39)28-20-24-8-6-7-9-25(24)21-29(28)35(32)40)19-27(41-22)11-10-23-17-30-33-31(18-23)37(4,5)13-15-38(33)14-12-36(30,2)3/h6-11,16-21H,12-15H2,1-5H3/b11-10+. The van der Waals surface area contributed by atoms with E-state index in [0.29, 0.717) is 28.2 Å². The van der Waals surface area contributed by atoms with Crippen molar-refractivity contribution in [2.75, 3.05) is 18.0 Å². The fourth-order valence-corrected chi connectivity index (χ4v) is 6.87. The molecular weight excluding hydrogens is 506 g/mol. The van der Waals surface area contributed by atoms with E-state index < -0.39 is 0 Å². The number of Topliss-reactive ketones (excluding diaryl/α,β-unsaturated/α-hetero) is 2. The quantitative estimate of drug-likeness (QED) is 0.242. The molecule has 3 heterocycles. The number of anilines is 1. The van der Waals surface area contributed by atoms with Crippen molar-refractivity contribution in [2.45, 2.75) is 58.3 Å². The van der Waals surface area contributed by atoms with Crippen LogP contribution in [0.2, 0.25) is 0 Å². The van der Waals surface area contributed by atoms with E-state index >= 15 is 0 Å². The molecule has 0 unspecified atom stereocenters. The summed E-state index contributed by atoms with van der Waals surface area (Å²) in [7, 11) is 0. The van der Waals surface area contributed by atoms with Crippen LogP contribution in [0.3, 0.4) is 0 Å². The molecule has 3 aromatic carbocycles. The maximum absolute atomic E-state index is 13.5. The Bertz CT molecular complexity index is 1710. The average Bonchev–Trinajstić information content (AvgIpc) is 3.18. The van der Waals surface area contributed by atoms with Crippen LogP contribution >= 0.6 is 0 Å². The van der Waals surface area contributed by atoms with Gasteiger partial charge in [-0.25, -0.2) is 0 Å². The third-order valence-electron chi connectivity index (χ3n) is 9.41. The second-order valence-corrected chi connectivity index (χ2v) is 13.2. The van der Waals surface area contributed by atoms with E-state index in [1.807, 2.05) is 55.5 Å². The number of ether oxygens (including phenoxy) is 1. The highest BCUT2D eigenvalue weighted by Crippen LogP contribution is 2.49. The Kier molecular flexibility index (Phi) is 5.60. The van der Waals surface area contributed by atoms with Gasteiger partial charge in [0.25, 0.3) is 0 Å². The highest BCUT2D eigenvalue weighted by atomic mass is 16.5. The monoisotopic (exact) mass is 541 g/mol. The van der Waals surface area contributed by atoms with Gasteiger partial charge in [0, 0.05) is 29.9 Å². The van der Waals surface area contributed by atoms with Crippen molar-refractivity contribution in [2.24, 2.45) is 0 Å². The van der Waals surface area contributed by atoms with E-state index in [4.69, 9.17) is 4.74 Å². The van der Waals surface area contributed by atoms with Crippen molar-refractivity contribution in [3.05, 3.63) is 117 Å². The first-order valence-electron chi connectivity index (χ1n) is 14.6. The summed E-state index contributed by atoms with van der Waals surface area (Å²) in [6.07, 6.45) is 9.95. The van der Waals surface area contributed by atoms with Crippen LogP contribution in [0.1, 0.15) is 84.9 Å². The molecule has 3 aliphatic heterocycles. The lowest BCUT2D eigenvalue weighted by Gasteiger charge is -2.48. The molecule has 7 rings (SSSR count). The molecule has 0 fully saturated rings. The molecule has 0 amide bonds. The number of hydrogen-bond acceptors (Lipinski definition) is 4. The number of ketones is 2. The number of allylic oxidation sites excluding steroid dienone is 6. The van der Waals surface area contributed by atoms with Gasteiger partial charge in [0.05, 0.1) is 5.57 Å². The van der Waals surface area contributed by atoms with Gasteiger partial charge in [-0.2, -0.15) is 0 Å². The van der Waals surface area contributed by atoms with Crippen molar-refractivity contribution >= 4 is 34.1 Å². The van der Waals surface area contributed by atoms with Crippen molar-refractivity contribution in [1.29, 1.82) is 0 Å². The van der Waals surface area contributed by atoms with Crippen LogP contribution in [-0.2, 0) is 15.6 Å². The summed E-state index contributed by atoms with van der Waals surface area (Å²) in [5.41, 5.74) is 7.38. The Morgan fingerprint density at radius 2 is 1.34 bits per heavy atom. The minimum absolute atomic E-state index is 0.110. The van der Waals surface area contributed by atoms with E-state index in [2.05, 4.69) is 50.8 Å². The second kappa shape index (κ2) is 8.91. The van der Waals surface area contributed by atoms with Crippen molar-refractivity contribution < 1.29 is 14.3 Å². The molecule has 0 N–H and O–H groups in total. The molecule has 0 radical (unpaired) electrons. The molecule has 4 aliphatic rings. The van der Waals surface area contributed by atoms with Gasteiger partial charge in [0.15, 0.2) is 11.6 Å². The summed E-state index contributed by atoms with van der Waals surface area (Å²) in [4.78, 5) is 29.6. The van der Waals surface area contributed by atoms with Crippen molar-refractivity contribution in [3.63, 3.8) is 0 Å². The molecule has 41 heavy (non-hydrogen) atoms. The van der Waals surface area contributed by atoms with Gasteiger partial charge in [-0.3, -0.25) is 9.59 Å². The summed E-state index contributed by atoms with van der Waals surface area (Å²) in [6.45, 7) is 13.5. The van der Waals surface area contributed by atoms with Crippen LogP contribution in [0.5, 0.6) is 0 Å². The van der Waals surface area contributed by atoms with Gasteiger partial charge < -0.3 is 9.64 Å². The molecule has 0 bridgehead atoms. The fraction of sp³-hybridized carbons (Fsp3) is 0.297. The summed E-state index contributed by atoms with van der Waals surface area (Å²) >= 11 is 0. The fourth-order valence-electron chi connectivity index (χ4n) is 6.87. The van der Waals surface area contributed by atoms with Crippen LogP contribution in [0.4, 0.5) is 5.69 Å². The Balaban J connectivity index is 1.28. The number of rotatable bonds is 2. The van der Waals surface area contributed by atoms with Crippen LogP contribution in [0, 0.1) is 0 Å². The lowest BCUT2D eigenvalue weighted by atomic mass is 9.69. The highest BCUT2D eigenvalue weighted by Gasteiger charge is 2.40. The Hall–Kier alpha value is -4.18. The first-order valence-corrected chi connectivity index (χ1v) is 14.6. The van der Waals surface area contributed by atoms with E-state index in [1.54, 1.807) is 6.08 Å². The number of carbonyl (C=O) groups is 2. The van der Waals surface area contributed by atoms with Gasteiger partial charge in [-0.1, -0.05) is 58.0 Å². The molecule has 0 saturated heterocycles. The van der Waals surface area contributed by atoms with E-state index in [1.165, 1.54) is 16.8 Å². The van der Waals surface area contributed by atoms with E-state index in [9.17, 15) is 9.59 Å². The molecule has 0 saturated carbocycles. The first kappa shape index (κ1) is 25.8. The summed E-state index contributed by atoms with van der Waals surface area (Å²) in [5, 5.41) is 1.91. The van der Waals surface area contributed by atoms with E-state index in [0.717, 1.165) is 42.3 Å². The number of nitrogens with zero attached hydrogens (tertiary/aromatic N) is 1. The predicted octanol–water partition coefficient (Wildman–Crippen LogP) is 8.22. The molecule has 0 aromatic heterocycles. The van der Waals surface area contributed by atoms with E-state index in [-0.39, 0.29) is 28.0 Å². The lowest BCUT2D eigenvalue weighted by molar-refractivity contribution is 0.0987. The maximum Gasteiger partial charge on any atom is 0.198 e. The normalized spacial score (nSPS) is 20.7. The molecule has 206 valence electrons. The summed E-state index contributed by atoms with van der Waals surface area (Å²) < 4.78 is 6.06. The molecule has 0 atom stereocenters. The zero-order valence-electron chi connectivity index (χ0n) is 24.4. The topological polar surface area (TPSA) is 46.6 Å². The van der Waals surface area contributed by atoms with Gasteiger partial charge in [0.1, 0.15) is 11.5 Å². The molecular formula is C37H35NO3. The third-order valence-corrected chi connectivity index (χ3v) is 9.41. The minimum Gasteiger partial charge on any atom is -0.462 e. The minimum atomic E-state index is -0.223. The largest absolute Gasteiger partial charge is 0.462 e. The molecule has 4 nitrogen and oxygen atoms in total. The summed E-state index contributed by atoms with van der Waals surface area (Å²) in [5.74, 6) is 0.814. The zero-order valence-corrected chi connectivity index (χ0v) is 24.4. The van der Waals surface area contributed by atoms with Crippen LogP contribution in [0.25, 0.3) is 16.8 Å². The van der Waals surface area contributed by atoms with Gasteiger partial charge >= 0.3 is 0 Å². The predicted molar refractivity (Wildman–Crippen MR) is 166 cm³/mol. The maximum atomic E-state index is 13.5. The number of benzene rings is 3. The highest BCUT2D eigenvalue weighted by molar-refractivity contribution is 6.41. The zero-order chi connectivity index (χ0) is 28.7. The second-order valence-electron chi connectivity index (χ2n) is 13.2. The van der Waals surface area contributed by atoms with Crippen LogP contribution in [-0.4, -0.2) is 24.7 Å². The molecule has 4 heteroatoms. The average molecular weight is 542 g/mol. The number of fused-ring (bicyclic) bond motifs is 2. The number of hydrogen-bond donors (Lipinski definition) is 0. The lowest BCUT2D eigenvalue weighted by Crippen LogP contribution is -2.44. The van der Waals surface area contributed by atoms with Gasteiger partial charge in [0.2, 0.25) is 0 Å².